The Labute approximate surface area is 124 Å². The second-order valence-electron chi connectivity index (χ2n) is 5.53. The van der Waals surface area contributed by atoms with Gasteiger partial charge < -0.3 is 14.1 Å². The number of furan rings is 1. The van der Waals surface area contributed by atoms with Crippen LogP contribution in [-0.4, -0.2) is 24.5 Å². The Morgan fingerprint density at radius 3 is 2.86 bits per heavy atom. The van der Waals surface area contributed by atoms with E-state index in [0.29, 0.717) is 13.2 Å². The molecule has 0 fully saturated rings. The van der Waals surface area contributed by atoms with Gasteiger partial charge in [0.1, 0.15) is 23.9 Å². The SMILES string of the molecule is Cc1ccc(CN(C)C(=O)C2COc3ccccc3C2)o1. The Kier molecular flexibility index (Phi) is 3.69. The summed E-state index contributed by atoms with van der Waals surface area (Å²) in [7, 11) is 1.81. The molecule has 0 aliphatic carbocycles. The van der Waals surface area contributed by atoms with Gasteiger partial charge in [0, 0.05) is 7.05 Å². The molecule has 1 aromatic heterocycles. The third kappa shape index (κ3) is 2.94. The van der Waals surface area contributed by atoms with Crippen LogP contribution in [0.25, 0.3) is 0 Å². The van der Waals surface area contributed by atoms with Crippen molar-refractivity contribution in [2.45, 2.75) is 19.9 Å². The van der Waals surface area contributed by atoms with E-state index in [2.05, 4.69) is 0 Å². The van der Waals surface area contributed by atoms with E-state index in [1.54, 1.807) is 11.9 Å². The minimum atomic E-state index is -0.124. The molecule has 1 amide bonds. The largest absolute Gasteiger partial charge is 0.492 e. The average molecular weight is 285 g/mol. The van der Waals surface area contributed by atoms with E-state index in [-0.39, 0.29) is 11.8 Å². The number of hydrogen-bond donors (Lipinski definition) is 0. The van der Waals surface area contributed by atoms with E-state index in [1.165, 1.54) is 0 Å². The Hall–Kier alpha value is -2.23. The van der Waals surface area contributed by atoms with Gasteiger partial charge in [0.25, 0.3) is 0 Å². The minimum Gasteiger partial charge on any atom is -0.492 e. The molecule has 4 nitrogen and oxygen atoms in total. The summed E-state index contributed by atoms with van der Waals surface area (Å²) in [6, 6.07) is 11.7. The molecule has 110 valence electrons. The topological polar surface area (TPSA) is 42.7 Å². The smallest absolute Gasteiger partial charge is 0.229 e. The lowest BCUT2D eigenvalue weighted by atomic mass is 9.95. The monoisotopic (exact) mass is 285 g/mol. The molecular weight excluding hydrogens is 266 g/mol. The number of nitrogens with zero attached hydrogens (tertiary/aromatic N) is 1. The van der Waals surface area contributed by atoms with E-state index in [1.807, 2.05) is 43.3 Å². The Balaban J connectivity index is 1.66. The van der Waals surface area contributed by atoms with Crippen LogP contribution in [-0.2, 0) is 17.8 Å². The second-order valence-corrected chi connectivity index (χ2v) is 5.53. The number of aryl methyl sites for hydroxylation is 1. The molecule has 2 aromatic rings. The van der Waals surface area contributed by atoms with Gasteiger partial charge in [-0.2, -0.15) is 0 Å². The number of para-hydroxylation sites is 1. The van der Waals surface area contributed by atoms with Crippen LogP contribution in [0.15, 0.2) is 40.8 Å². The Morgan fingerprint density at radius 1 is 1.29 bits per heavy atom. The molecule has 0 saturated heterocycles. The van der Waals surface area contributed by atoms with Gasteiger partial charge in [-0.25, -0.2) is 0 Å². The normalized spacial score (nSPS) is 17.0. The van der Waals surface area contributed by atoms with Crippen molar-refractivity contribution in [1.29, 1.82) is 0 Å². The summed E-state index contributed by atoms with van der Waals surface area (Å²) < 4.78 is 11.2. The first-order valence-electron chi connectivity index (χ1n) is 7.14. The van der Waals surface area contributed by atoms with Crippen LogP contribution in [0.5, 0.6) is 5.75 Å². The average Bonchev–Trinajstić information content (AvgIpc) is 2.91. The highest BCUT2D eigenvalue weighted by atomic mass is 16.5. The number of hydrogen-bond acceptors (Lipinski definition) is 3. The highest BCUT2D eigenvalue weighted by molar-refractivity contribution is 5.79. The molecule has 1 aliphatic rings. The summed E-state index contributed by atoms with van der Waals surface area (Å²) in [6.07, 6.45) is 0.733. The zero-order valence-corrected chi connectivity index (χ0v) is 12.3. The molecule has 4 heteroatoms. The van der Waals surface area contributed by atoms with Crippen molar-refractivity contribution < 1.29 is 13.9 Å². The molecule has 1 unspecified atom stereocenters. The van der Waals surface area contributed by atoms with Crippen molar-refractivity contribution in [3.63, 3.8) is 0 Å². The fourth-order valence-corrected chi connectivity index (χ4v) is 2.68. The summed E-state index contributed by atoms with van der Waals surface area (Å²) in [6.45, 7) is 2.83. The van der Waals surface area contributed by atoms with Gasteiger partial charge in [0.05, 0.1) is 12.5 Å². The quantitative estimate of drug-likeness (QED) is 0.871. The van der Waals surface area contributed by atoms with Crippen LogP contribution >= 0.6 is 0 Å². The zero-order valence-electron chi connectivity index (χ0n) is 12.3. The van der Waals surface area contributed by atoms with Crippen molar-refractivity contribution in [3.8, 4) is 5.75 Å². The molecule has 0 saturated carbocycles. The van der Waals surface area contributed by atoms with Crippen LogP contribution in [0.1, 0.15) is 17.1 Å². The molecule has 0 bridgehead atoms. The minimum absolute atomic E-state index is 0.0959. The van der Waals surface area contributed by atoms with Crippen LogP contribution < -0.4 is 4.74 Å². The van der Waals surface area contributed by atoms with Crippen molar-refractivity contribution in [3.05, 3.63) is 53.5 Å². The molecule has 1 atom stereocenters. The molecule has 1 aliphatic heterocycles. The number of benzene rings is 1. The van der Waals surface area contributed by atoms with Crippen LogP contribution in [0.4, 0.5) is 0 Å². The maximum atomic E-state index is 12.5. The number of ether oxygens (including phenoxy) is 1. The van der Waals surface area contributed by atoms with Gasteiger partial charge in [-0.15, -0.1) is 0 Å². The van der Waals surface area contributed by atoms with Gasteiger partial charge >= 0.3 is 0 Å². The van der Waals surface area contributed by atoms with Gasteiger partial charge in [0.2, 0.25) is 5.91 Å². The van der Waals surface area contributed by atoms with Gasteiger partial charge in [-0.1, -0.05) is 18.2 Å². The maximum absolute atomic E-state index is 12.5. The summed E-state index contributed by atoms with van der Waals surface area (Å²) in [5.74, 6) is 2.53. The van der Waals surface area contributed by atoms with Crippen molar-refractivity contribution in [2.24, 2.45) is 5.92 Å². The lowest BCUT2D eigenvalue weighted by molar-refractivity contribution is -0.136. The number of rotatable bonds is 3. The first-order valence-corrected chi connectivity index (χ1v) is 7.14. The van der Waals surface area contributed by atoms with E-state index < -0.39 is 0 Å². The van der Waals surface area contributed by atoms with E-state index in [9.17, 15) is 4.79 Å². The molecule has 0 N–H and O–H groups in total. The van der Waals surface area contributed by atoms with Gasteiger partial charge in [-0.05, 0) is 37.1 Å². The highest BCUT2D eigenvalue weighted by Crippen LogP contribution is 2.27. The van der Waals surface area contributed by atoms with Crippen molar-refractivity contribution in [2.75, 3.05) is 13.7 Å². The summed E-state index contributed by atoms with van der Waals surface area (Å²) in [5, 5.41) is 0. The van der Waals surface area contributed by atoms with Gasteiger partial charge in [-0.3, -0.25) is 4.79 Å². The first kappa shape index (κ1) is 13.7. The summed E-state index contributed by atoms with van der Waals surface area (Å²) in [4.78, 5) is 14.2. The lowest BCUT2D eigenvalue weighted by Gasteiger charge is -2.27. The summed E-state index contributed by atoms with van der Waals surface area (Å²) in [5.41, 5.74) is 1.10. The van der Waals surface area contributed by atoms with E-state index in [4.69, 9.17) is 9.15 Å². The van der Waals surface area contributed by atoms with Crippen molar-refractivity contribution in [1.82, 2.24) is 4.90 Å². The lowest BCUT2D eigenvalue weighted by Crippen LogP contribution is -2.38. The van der Waals surface area contributed by atoms with E-state index in [0.717, 1.165) is 29.3 Å². The number of amides is 1. The fraction of sp³-hybridized carbons (Fsp3) is 0.353. The molecular formula is C17H19NO3. The zero-order chi connectivity index (χ0) is 14.8. The van der Waals surface area contributed by atoms with E-state index >= 15 is 0 Å². The molecule has 0 radical (unpaired) electrons. The third-order valence-corrected chi connectivity index (χ3v) is 3.79. The fourth-order valence-electron chi connectivity index (χ4n) is 2.68. The highest BCUT2D eigenvalue weighted by Gasteiger charge is 2.28. The number of carbonyl (C=O) groups is 1. The predicted molar refractivity (Wildman–Crippen MR) is 79.1 cm³/mol. The molecule has 1 aromatic carbocycles. The molecule has 21 heavy (non-hydrogen) atoms. The Morgan fingerprint density at radius 2 is 2.10 bits per heavy atom. The maximum Gasteiger partial charge on any atom is 0.229 e. The standard InChI is InChI=1S/C17H19NO3/c1-12-7-8-15(21-12)10-18(2)17(19)14-9-13-5-3-4-6-16(13)20-11-14/h3-8,14H,9-11H2,1-2H3. The molecule has 3 rings (SSSR count). The Bertz CT molecular complexity index is 647. The predicted octanol–water partition coefficient (Wildman–Crippen LogP) is 2.80. The number of fused-ring (bicyclic) bond motifs is 1. The van der Waals surface area contributed by atoms with Crippen LogP contribution in [0.2, 0.25) is 0 Å². The van der Waals surface area contributed by atoms with Crippen LogP contribution in [0, 0.1) is 12.8 Å². The molecule has 2 heterocycles. The molecule has 0 spiro atoms. The number of carbonyl (C=O) groups excluding carboxylic acids is 1. The third-order valence-electron chi connectivity index (χ3n) is 3.79. The first-order chi connectivity index (χ1) is 10.1. The van der Waals surface area contributed by atoms with Crippen molar-refractivity contribution >= 4 is 5.91 Å². The van der Waals surface area contributed by atoms with Gasteiger partial charge in [0.15, 0.2) is 0 Å². The summed E-state index contributed by atoms with van der Waals surface area (Å²) >= 11 is 0. The second kappa shape index (κ2) is 5.64. The van der Waals surface area contributed by atoms with Crippen LogP contribution in [0.3, 0.4) is 0 Å².